The third-order valence-corrected chi connectivity index (χ3v) is 6.62. The number of carbonyl (C=O) groups excluding carboxylic acids is 1. The van der Waals surface area contributed by atoms with Crippen molar-refractivity contribution in [2.24, 2.45) is 0 Å². The van der Waals surface area contributed by atoms with Gasteiger partial charge in [-0.1, -0.05) is 49.6 Å². The summed E-state index contributed by atoms with van der Waals surface area (Å²) in [6.07, 6.45) is 7.29. The number of urea groups is 1. The number of amides is 2. The van der Waals surface area contributed by atoms with E-state index in [0.717, 1.165) is 18.4 Å². The van der Waals surface area contributed by atoms with Gasteiger partial charge in [-0.25, -0.2) is 13.2 Å². The molecule has 2 aliphatic rings. The maximum atomic E-state index is 12.5. The average molecular weight is 378 g/mol. The molecule has 0 bridgehead atoms. The minimum atomic E-state index is -3.46. The summed E-state index contributed by atoms with van der Waals surface area (Å²) in [7, 11) is -3.46. The lowest BCUT2D eigenvalue weighted by molar-refractivity contribution is 0.166. The van der Waals surface area contributed by atoms with E-state index in [1.165, 1.54) is 29.0 Å². The Morgan fingerprint density at radius 1 is 1.00 bits per heavy atom. The first-order chi connectivity index (χ1) is 12.5. The highest BCUT2D eigenvalue weighted by atomic mass is 32.2. The summed E-state index contributed by atoms with van der Waals surface area (Å²) in [5.41, 5.74) is 0.849. The van der Waals surface area contributed by atoms with Gasteiger partial charge in [0.05, 0.1) is 0 Å². The molecule has 1 aliphatic carbocycles. The highest BCUT2D eigenvalue weighted by molar-refractivity contribution is 7.92. The lowest BCUT2D eigenvalue weighted by Crippen LogP contribution is -2.54. The van der Waals surface area contributed by atoms with E-state index in [1.807, 2.05) is 30.3 Å². The first-order valence-electron chi connectivity index (χ1n) is 9.33. The Kier molecular flexibility index (Phi) is 6.32. The maximum Gasteiger partial charge on any atom is 0.317 e. The van der Waals surface area contributed by atoms with Crippen molar-refractivity contribution in [3.63, 3.8) is 0 Å². The Bertz CT molecular complexity index is 720. The van der Waals surface area contributed by atoms with E-state index in [2.05, 4.69) is 5.32 Å². The number of hydrogen-bond donors (Lipinski definition) is 1. The summed E-state index contributed by atoms with van der Waals surface area (Å²) < 4.78 is 26.4. The van der Waals surface area contributed by atoms with Gasteiger partial charge in [-0.15, -0.1) is 0 Å². The molecule has 26 heavy (non-hydrogen) atoms. The van der Waals surface area contributed by atoms with Crippen molar-refractivity contribution in [1.29, 1.82) is 0 Å². The van der Waals surface area contributed by atoms with E-state index in [-0.39, 0.29) is 12.1 Å². The number of benzene rings is 1. The number of hydrogen-bond acceptors (Lipinski definition) is 3. The lowest BCUT2D eigenvalue weighted by atomic mass is 9.96. The van der Waals surface area contributed by atoms with Crippen LogP contribution in [0.3, 0.4) is 0 Å². The van der Waals surface area contributed by atoms with E-state index < -0.39 is 10.0 Å². The van der Waals surface area contributed by atoms with Gasteiger partial charge in [0.15, 0.2) is 0 Å². The first kappa shape index (κ1) is 18.9. The Morgan fingerprint density at radius 3 is 2.31 bits per heavy atom. The average Bonchev–Trinajstić information content (AvgIpc) is 2.68. The fourth-order valence-corrected chi connectivity index (χ4v) is 4.65. The second kappa shape index (κ2) is 8.68. The smallest absolute Gasteiger partial charge is 0.317 e. The van der Waals surface area contributed by atoms with E-state index in [4.69, 9.17) is 0 Å². The van der Waals surface area contributed by atoms with Crippen LogP contribution in [0.25, 0.3) is 6.08 Å². The molecule has 1 aromatic rings. The quantitative estimate of drug-likeness (QED) is 0.877. The lowest BCUT2D eigenvalue weighted by Gasteiger charge is -2.34. The molecule has 2 amide bonds. The van der Waals surface area contributed by atoms with E-state index in [1.54, 1.807) is 11.0 Å². The Balaban J connectivity index is 1.50. The Hall–Kier alpha value is -1.86. The van der Waals surface area contributed by atoms with Gasteiger partial charge in [-0.05, 0) is 24.5 Å². The molecular weight excluding hydrogens is 350 g/mol. The number of sulfonamides is 1. The molecule has 3 rings (SSSR count). The second-order valence-corrected chi connectivity index (χ2v) is 8.75. The summed E-state index contributed by atoms with van der Waals surface area (Å²) in [5.74, 6) is 0. The van der Waals surface area contributed by atoms with E-state index in [0.29, 0.717) is 26.2 Å². The van der Waals surface area contributed by atoms with Crippen LogP contribution in [0.2, 0.25) is 0 Å². The number of nitrogens with one attached hydrogen (secondary N) is 1. The van der Waals surface area contributed by atoms with Crippen LogP contribution < -0.4 is 5.32 Å². The molecule has 0 atom stereocenters. The third-order valence-electron chi connectivity index (χ3n) is 5.05. The normalized spacial score (nSPS) is 20.4. The van der Waals surface area contributed by atoms with E-state index >= 15 is 0 Å². The van der Waals surface area contributed by atoms with Gasteiger partial charge in [0, 0.05) is 37.6 Å². The van der Waals surface area contributed by atoms with Crippen LogP contribution in [0.1, 0.15) is 37.7 Å². The fraction of sp³-hybridized carbons (Fsp3) is 0.526. The van der Waals surface area contributed by atoms with Gasteiger partial charge in [-0.3, -0.25) is 0 Å². The maximum absolute atomic E-state index is 12.5. The van der Waals surface area contributed by atoms with Gasteiger partial charge < -0.3 is 10.2 Å². The van der Waals surface area contributed by atoms with Gasteiger partial charge >= 0.3 is 6.03 Å². The number of carbonyl (C=O) groups is 1. The van der Waals surface area contributed by atoms with Gasteiger partial charge in [0.1, 0.15) is 0 Å². The van der Waals surface area contributed by atoms with Crippen molar-refractivity contribution in [2.75, 3.05) is 26.2 Å². The second-order valence-electron chi connectivity index (χ2n) is 6.93. The Labute approximate surface area is 155 Å². The molecule has 1 aromatic carbocycles. The van der Waals surface area contributed by atoms with Crippen molar-refractivity contribution in [3.05, 3.63) is 41.3 Å². The van der Waals surface area contributed by atoms with Crippen LogP contribution >= 0.6 is 0 Å². The predicted octanol–water partition coefficient (Wildman–Crippen LogP) is 2.65. The zero-order valence-electron chi connectivity index (χ0n) is 15.0. The highest BCUT2D eigenvalue weighted by Gasteiger charge is 2.28. The van der Waals surface area contributed by atoms with Gasteiger partial charge in [-0.2, -0.15) is 4.31 Å². The van der Waals surface area contributed by atoms with Crippen LogP contribution in [0.15, 0.2) is 35.7 Å². The van der Waals surface area contributed by atoms with Crippen LogP contribution in [0.4, 0.5) is 4.79 Å². The molecule has 1 saturated carbocycles. The molecule has 142 valence electrons. The monoisotopic (exact) mass is 377 g/mol. The van der Waals surface area contributed by atoms with Gasteiger partial charge in [0.25, 0.3) is 0 Å². The molecule has 2 fully saturated rings. The number of piperazine rings is 1. The molecule has 0 spiro atoms. The largest absolute Gasteiger partial charge is 0.335 e. The molecule has 0 aromatic heterocycles. The number of nitrogens with zero attached hydrogens (tertiary/aromatic N) is 2. The topological polar surface area (TPSA) is 69.7 Å². The molecule has 1 aliphatic heterocycles. The van der Waals surface area contributed by atoms with Crippen LogP contribution in [-0.2, 0) is 10.0 Å². The van der Waals surface area contributed by atoms with Crippen LogP contribution in [0, 0.1) is 0 Å². The minimum absolute atomic E-state index is 0.0613. The molecule has 6 nitrogen and oxygen atoms in total. The third kappa shape index (κ3) is 5.08. The fourth-order valence-electron chi connectivity index (χ4n) is 3.47. The summed E-state index contributed by atoms with van der Waals surface area (Å²) >= 11 is 0. The van der Waals surface area contributed by atoms with Crippen molar-refractivity contribution >= 4 is 22.1 Å². The van der Waals surface area contributed by atoms with Crippen molar-refractivity contribution < 1.29 is 13.2 Å². The van der Waals surface area contributed by atoms with Crippen LogP contribution in [0.5, 0.6) is 0 Å². The highest BCUT2D eigenvalue weighted by Crippen LogP contribution is 2.18. The summed E-state index contributed by atoms with van der Waals surface area (Å²) in [4.78, 5) is 14.1. The molecular formula is C19H27N3O3S. The van der Waals surface area contributed by atoms with Gasteiger partial charge in [0.2, 0.25) is 10.0 Å². The molecule has 0 unspecified atom stereocenters. The summed E-state index contributed by atoms with van der Waals surface area (Å²) in [6.45, 7) is 1.52. The molecule has 1 N–H and O–H groups in total. The van der Waals surface area contributed by atoms with Crippen LogP contribution in [-0.4, -0.2) is 55.9 Å². The molecule has 7 heteroatoms. The van der Waals surface area contributed by atoms with Crippen molar-refractivity contribution in [3.8, 4) is 0 Å². The number of rotatable bonds is 4. The first-order valence-corrected chi connectivity index (χ1v) is 10.8. The van der Waals surface area contributed by atoms with Crippen molar-refractivity contribution in [1.82, 2.24) is 14.5 Å². The molecule has 0 radical (unpaired) electrons. The SMILES string of the molecule is O=C(NC1CCCCC1)N1CCN(S(=O)(=O)/C=C/c2ccccc2)CC1. The van der Waals surface area contributed by atoms with E-state index in [9.17, 15) is 13.2 Å². The molecule has 1 saturated heterocycles. The minimum Gasteiger partial charge on any atom is -0.335 e. The summed E-state index contributed by atoms with van der Waals surface area (Å²) in [6, 6.07) is 9.56. The van der Waals surface area contributed by atoms with Crippen molar-refractivity contribution in [2.45, 2.75) is 38.1 Å². The predicted molar refractivity (Wildman–Crippen MR) is 103 cm³/mol. The standard InChI is InChI=1S/C19H27N3O3S/c23-19(20-18-9-5-2-6-10-18)21-12-14-22(15-13-21)26(24,25)16-11-17-7-3-1-4-8-17/h1,3-4,7-8,11,16,18H,2,5-6,9-10,12-15H2,(H,20,23)/b16-11+. The molecule has 1 heterocycles. The zero-order valence-corrected chi connectivity index (χ0v) is 15.8. The Morgan fingerprint density at radius 2 is 1.65 bits per heavy atom. The zero-order chi connectivity index (χ0) is 18.4. The summed E-state index contributed by atoms with van der Waals surface area (Å²) in [5, 5.41) is 4.34.